The second kappa shape index (κ2) is 37.9. The number of rotatable bonds is 27. The minimum Gasteiger partial charge on any atom is -0.459 e. The van der Waals surface area contributed by atoms with E-state index in [0.29, 0.717) is 0 Å². The quantitative estimate of drug-likeness (QED) is 0.0191. The van der Waals surface area contributed by atoms with Gasteiger partial charge in [0.1, 0.15) is 159 Å². The Hall–Kier alpha value is -7.27. The molecule has 42 heteroatoms. The Kier molecular flexibility index (Phi) is 29.1. The smallest absolute Gasteiger partial charge is 0.338 e. The third-order valence-electron chi connectivity index (χ3n) is 24.4. The molecule has 42 nitrogen and oxygen atoms in total. The molecule has 0 unspecified atom stereocenters. The Morgan fingerprint density at radius 3 is 1.39 bits per heavy atom. The van der Waals surface area contributed by atoms with Gasteiger partial charge in [-0.25, -0.2) is 14.4 Å². The van der Waals surface area contributed by atoms with E-state index in [0.717, 1.165) is 13.8 Å². The van der Waals surface area contributed by atoms with E-state index < -0.39 is 325 Å². The van der Waals surface area contributed by atoms with Gasteiger partial charge in [-0.1, -0.05) is 80.6 Å². The van der Waals surface area contributed by atoms with Crippen LogP contribution in [0.2, 0.25) is 0 Å². The molecular formula is C79H103NO41. The highest BCUT2D eigenvalue weighted by molar-refractivity contribution is 5.96. The molecule has 36 atom stereocenters. The van der Waals surface area contributed by atoms with Crippen molar-refractivity contribution in [1.82, 2.24) is 5.32 Å². The number of aliphatic hydroxyl groups excluding tert-OH is 17. The highest BCUT2D eigenvalue weighted by Crippen LogP contribution is 2.65. The van der Waals surface area contributed by atoms with Gasteiger partial charge in [-0.3, -0.25) is 19.2 Å². The standard InChI is InChI=1S/C79H103NO41/c1-31-37(109-70(104)49(90)47(34-16-10-7-11-17-34)80-68(102)35-18-12-8-13-19-35)23-79(105)67(120-69(103)36-20-14-9-15-21-36)65-77(6,66(101)64(108-32(2)86)46(31)76(79,4)5)43(22-44-78(65,30-107-44)121-33(3)87)115-45(88)29-106-71-56(97)51(92)60(39(25-82)111-71)117-73-58(99)53(94)62(41(27-84)113-73)119-75-59(100)54(95)63(42(28-85)114-75)118-74-57(98)52(93)61(40(26-83)112-74)116-72-55(96)50(91)48(89)38(24-81)110-72/h7-21,37-44,47-65,67,71-75,81-85,89-100,105H,22-30H2,1-6H3,(H,80,102)/t37-,38+,39+,40+,41+,42+,43-,44+,47-,48+,49+,50-,51+,52+,53+,54+,55+,56+,57+,58+,59+,60+,61+,62+,63+,64+,65-,67-,71-,72+,73+,74+,75+,77+,78-,79+/m0/s1. The average Bonchev–Trinajstić information content (AvgIpc) is 0.665. The number of ether oxygens (including phenoxy) is 16. The van der Waals surface area contributed by atoms with Crippen LogP contribution < -0.4 is 5.32 Å². The van der Waals surface area contributed by atoms with Crippen LogP contribution in [0.15, 0.2) is 102 Å². The number of carbonyl (C=O) groups excluding carboxylic acids is 7. The lowest BCUT2D eigenvalue weighted by atomic mass is 9.44. The van der Waals surface area contributed by atoms with Gasteiger partial charge in [0.2, 0.25) is 0 Å². The second-order valence-corrected chi connectivity index (χ2v) is 32.1. The van der Waals surface area contributed by atoms with Gasteiger partial charge in [0, 0.05) is 37.7 Å². The second-order valence-electron chi connectivity index (χ2n) is 32.1. The first-order valence-electron chi connectivity index (χ1n) is 39.1. The number of esters is 5. The summed E-state index contributed by atoms with van der Waals surface area (Å²) in [5.74, 6) is -9.79. The zero-order valence-electron chi connectivity index (χ0n) is 66.0. The summed E-state index contributed by atoms with van der Waals surface area (Å²) < 4.78 is 94.2. The number of amides is 1. The number of aliphatic hydroxyl groups is 18. The van der Waals surface area contributed by atoms with Crippen LogP contribution in [0, 0.1) is 16.7 Å². The number of Topliss-reactive ketones (excluding diaryl/α,β-unsaturated/α-hetero) is 1. The molecule has 3 aromatic rings. The summed E-state index contributed by atoms with van der Waals surface area (Å²) in [6.07, 6.45) is -63.1. The number of carbonyl (C=O) groups is 7. The Bertz CT molecular complexity index is 4120. The molecule has 2 bridgehead atoms. The number of nitrogens with one attached hydrogen (secondary N) is 1. The van der Waals surface area contributed by atoms with Crippen LogP contribution in [-0.4, -0.2) is 381 Å². The summed E-state index contributed by atoms with van der Waals surface area (Å²) >= 11 is 0. The Labute approximate surface area is 689 Å². The fraction of sp³-hybridized carbons (Fsp3) is 0.658. The third kappa shape index (κ3) is 17.8. The van der Waals surface area contributed by atoms with Crippen LogP contribution >= 0.6 is 0 Å². The SMILES string of the molecule is CC(=O)O[C@H]1C(=O)[C@]2(C)[C@@H](OC(=O)CO[C@H]3O[C@H](CO)[C@@H](O[C@H]4O[C@H](CO)[C@@H](O[C@H]5O[C@H](CO)[C@@H](O[C@H]6O[C@H](CO)[C@@H](O[C@H]7O[C@H](CO)[C@@H](O)[C@H](O)[C@H]7O)[C@H](O)[C@H]6O)[C@H](O)[C@H]5O)[C@H](O)[C@H]4O)[C@H](O)[C@H]3O)C[C@H]3OC[C@@]3(OC(C)=O)[C@H]2[C@H](OC(=O)c2ccccc2)[C@]2(O)C[C@H](OC(=O)[C@H](O)[C@@H](NC(=O)c3ccccc3)c3ccccc3)C(C)=C1C2(C)C. The number of hydrogen-bond donors (Lipinski definition) is 19. The zero-order chi connectivity index (χ0) is 88.0. The first-order chi connectivity index (χ1) is 57.3. The fourth-order valence-corrected chi connectivity index (χ4v) is 17.8. The average molecular weight is 1720 g/mol. The maximum atomic E-state index is 16.7. The molecule has 6 aliphatic heterocycles. The van der Waals surface area contributed by atoms with Crippen molar-refractivity contribution < 1.29 is 201 Å². The van der Waals surface area contributed by atoms with Crippen molar-refractivity contribution in [3.05, 3.63) is 119 Å². The van der Waals surface area contributed by atoms with Gasteiger partial charge in [0.05, 0.1) is 62.6 Å². The van der Waals surface area contributed by atoms with E-state index >= 15 is 4.79 Å². The lowest BCUT2D eigenvalue weighted by Crippen LogP contribution is -2.82. The maximum absolute atomic E-state index is 16.7. The molecule has 6 heterocycles. The monoisotopic (exact) mass is 1720 g/mol. The van der Waals surface area contributed by atoms with Crippen molar-refractivity contribution in [2.75, 3.05) is 46.2 Å². The minimum atomic E-state index is -2.72. The molecule has 1 amide bonds. The van der Waals surface area contributed by atoms with Crippen molar-refractivity contribution in [3.63, 3.8) is 0 Å². The summed E-state index contributed by atoms with van der Waals surface area (Å²) in [7, 11) is 0. The highest BCUT2D eigenvalue weighted by atomic mass is 16.8. The molecule has 12 rings (SSSR count). The predicted octanol–water partition coefficient (Wildman–Crippen LogP) is -7.60. The molecule has 19 N–H and O–H groups in total. The minimum absolute atomic E-state index is 0.0362. The van der Waals surface area contributed by atoms with E-state index in [9.17, 15) is 121 Å². The molecule has 6 saturated heterocycles. The van der Waals surface area contributed by atoms with Gasteiger partial charge in [0.15, 0.2) is 55.0 Å². The van der Waals surface area contributed by atoms with Crippen LogP contribution in [0.5, 0.6) is 0 Å². The largest absolute Gasteiger partial charge is 0.459 e. The summed E-state index contributed by atoms with van der Waals surface area (Å²) in [5.41, 5.74) is -9.29. The molecule has 0 radical (unpaired) electrons. The molecule has 9 aliphatic rings. The molecule has 0 spiro atoms. The maximum Gasteiger partial charge on any atom is 0.338 e. The van der Waals surface area contributed by atoms with Gasteiger partial charge in [-0.05, 0) is 54.8 Å². The molecule has 670 valence electrons. The number of fused-ring (bicyclic) bond motifs is 5. The van der Waals surface area contributed by atoms with Crippen molar-refractivity contribution in [2.45, 2.75) is 262 Å². The fourth-order valence-electron chi connectivity index (χ4n) is 17.8. The summed E-state index contributed by atoms with van der Waals surface area (Å²) in [4.78, 5) is 102. The predicted molar refractivity (Wildman–Crippen MR) is 392 cm³/mol. The first-order valence-corrected chi connectivity index (χ1v) is 39.1. The summed E-state index contributed by atoms with van der Waals surface area (Å²) in [6, 6.07) is 21.5. The van der Waals surface area contributed by atoms with E-state index in [1.165, 1.54) is 76.2 Å². The van der Waals surface area contributed by atoms with Gasteiger partial charge in [-0.15, -0.1) is 0 Å². The number of benzene rings is 3. The van der Waals surface area contributed by atoms with Gasteiger partial charge in [-0.2, -0.15) is 0 Å². The van der Waals surface area contributed by atoms with Gasteiger partial charge >= 0.3 is 29.8 Å². The topological polar surface area (TPSA) is 643 Å². The molecular weight excluding hydrogens is 1620 g/mol. The zero-order valence-corrected chi connectivity index (χ0v) is 66.0. The molecule has 0 aromatic heterocycles. The molecule has 3 aliphatic carbocycles. The van der Waals surface area contributed by atoms with Crippen LogP contribution in [-0.2, 0) is 99.8 Å². The first kappa shape index (κ1) is 92.9. The Morgan fingerprint density at radius 2 is 0.950 bits per heavy atom. The lowest BCUT2D eigenvalue weighted by molar-refractivity contribution is -0.393. The molecule has 3 aromatic carbocycles. The Morgan fingerprint density at radius 1 is 0.521 bits per heavy atom. The molecule has 2 saturated carbocycles. The van der Waals surface area contributed by atoms with E-state index in [4.69, 9.17) is 75.8 Å². The van der Waals surface area contributed by atoms with E-state index in [-0.39, 0.29) is 27.8 Å². The highest BCUT2D eigenvalue weighted by Gasteiger charge is 2.79. The summed E-state index contributed by atoms with van der Waals surface area (Å²) in [6.45, 7) is 0.422. The van der Waals surface area contributed by atoms with Crippen molar-refractivity contribution in [3.8, 4) is 0 Å². The van der Waals surface area contributed by atoms with Crippen molar-refractivity contribution >= 4 is 41.5 Å². The molecule has 8 fully saturated rings. The van der Waals surface area contributed by atoms with Crippen molar-refractivity contribution in [2.24, 2.45) is 16.7 Å². The summed E-state index contributed by atoms with van der Waals surface area (Å²) in [5, 5.41) is 204. The normalized spacial score (nSPS) is 41.3. The van der Waals surface area contributed by atoms with Crippen LogP contribution in [0.1, 0.15) is 86.7 Å². The number of hydrogen-bond acceptors (Lipinski definition) is 41. The third-order valence-corrected chi connectivity index (χ3v) is 24.4. The van der Waals surface area contributed by atoms with Crippen LogP contribution in [0.25, 0.3) is 0 Å². The van der Waals surface area contributed by atoms with E-state index in [2.05, 4.69) is 5.32 Å². The van der Waals surface area contributed by atoms with Crippen LogP contribution in [0.3, 0.4) is 0 Å². The van der Waals surface area contributed by atoms with Crippen LogP contribution in [0.4, 0.5) is 0 Å². The lowest BCUT2D eigenvalue weighted by Gasteiger charge is -2.67. The molecule has 121 heavy (non-hydrogen) atoms. The number of ketones is 1. The van der Waals surface area contributed by atoms with E-state index in [1.54, 1.807) is 42.5 Å². The van der Waals surface area contributed by atoms with Gasteiger partial charge in [0.25, 0.3) is 5.91 Å². The van der Waals surface area contributed by atoms with E-state index in [1.807, 2.05) is 0 Å². The van der Waals surface area contributed by atoms with Crippen molar-refractivity contribution in [1.29, 1.82) is 0 Å². The van der Waals surface area contributed by atoms with Gasteiger partial charge < -0.3 is 173 Å². The Balaban J connectivity index is 0.750.